The topological polar surface area (TPSA) is 55.1 Å². The van der Waals surface area contributed by atoms with Gasteiger partial charge in [-0.15, -0.1) is 0 Å². The smallest absolute Gasteiger partial charge is 0.224 e. The van der Waals surface area contributed by atoms with Crippen LogP contribution in [0.1, 0.15) is 37.7 Å². The van der Waals surface area contributed by atoms with Gasteiger partial charge < -0.3 is 11.1 Å². The lowest BCUT2D eigenvalue weighted by Gasteiger charge is -2.22. The zero-order chi connectivity index (χ0) is 13.7. The van der Waals surface area contributed by atoms with Gasteiger partial charge in [0, 0.05) is 16.6 Å². The van der Waals surface area contributed by atoms with Crippen molar-refractivity contribution in [2.45, 2.75) is 50.6 Å². The molecule has 19 heavy (non-hydrogen) atoms. The molecule has 0 aromatic heterocycles. The van der Waals surface area contributed by atoms with Crippen molar-refractivity contribution in [3.63, 3.8) is 0 Å². The van der Waals surface area contributed by atoms with Crippen LogP contribution < -0.4 is 11.1 Å². The van der Waals surface area contributed by atoms with Gasteiger partial charge in [-0.05, 0) is 30.5 Å². The van der Waals surface area contributed by atoms with Crippen molar-refractivity contribution in [1.82, 2.24) is 5.32 Å². The lowest BCUT2D eigenvalue weighted by molar-refractivity contribution is -0.121. The Morgan fingerprint density at radius 1 is 1.32 bits per heavy atom. The van der Waals surface area contributed by atoms with E-state index in [0.29, 0.717) is 6.42 Å². The van der Waals surface area contributed by atoms with Crippen LogP contribution in [0.3, 0.4) is 0 Å². The Morgan fingerprint density at radius 2 is 2.11 bits per heavy atom. The fraction of sp³-hybridized carbons (Fsp3) is 0.533. The number of rotatable bonds is 3. The molecule has 1 amide bonds. The van der Waals surface area contributed by atoms with Crippen LogP contribution in [0.5, 0.6) is 0 Å². The van der Waals surface area contributed by atoms with Gasteiger partial charge in [0.15, 0.2) is 0 Å². The van der Waals surface area contributed by atoms with Crippen molar-refractivity contribution >= 4 is 21.8 Å². The third-order valence-electron chi connectivity index (χ3n) is 3.67. The minimum atomic E-state index is 0.0699. The normalized spacial score (nSPS) is 23.7. The highest BCUT2D eigenvalue weighted by Gasteiger charge is 2.21. The van der Waals surface area contributed by atoms with E-state index in [1.807, 2.05) is 24.3 Å². The van der Waals surface area contributed by atoms with E-state index in [1.165, 1.54) is 12.8 Å². The van der Waals surface area contributed by atoms with E-state index in [1.54, 1.807) is 0 Å². The average molecular weight is 325 g/mol. The molecule has 0 heterocycles. The van der Waals surface area contributed by atoms with Crippen molar-refractivity contribution in [2.24, 2.45) is 5.73 Å². The molecule has 0 radical (unpaired) electrons. The monoisotopic (exact) mass is 324 g/mol. The molecule has 1 fully saturated rings. The molecule has 0 bridgehead atoms. The largest absolute Gasteiger partial charge is 0.352 e. The van der Waals surface area contributed by atoms with Crippen LogP contribution in [0, 0.1) is 0 Å². The van der Waals surface area contributed by atoms with Gasteiger partial charge >= 0.3 is 0 Å². The van der Waals surface area contributed by atoms with Gasteiger partial charge in [-0.25, -0.2) is 0 Å². The van der Waals surface area contributed by atoms with Crippen molar-refractivity contribution in [3.8, 4) is 0 Å². The highest BCUT2D eigenvalue weighted by molar-refractivity contribution is 9.10. The number of hydrogen-bond acceptors (Lipinski definition) is 2. The molecular weight excluding hydrogens is 304 g/mol. The van der Waals surface area contributed by atoms with Crippen LogP contribution >= 0.6 is 15.9 Å². The number of amides is 1. The molecule has 0 aliphatic heterocycles. The van der Waals surface area contributed by atoms with Crippen LogP contribution in [-0.2, 0) is 11.2 Å². The molecule has 1 aromatic carbocycles. The summed E-state index contributed by atoms with van der Waals surface area (Å²) in [5, 5.41) is 3.10. The summed E-state index contributed by atoms with van der Waals surface area (Å²) < 4.78 is 1.00. The fourth-order valence-corrected chi connectivity index (χ4v) is 3.05. The molecule has 4 heteroatoms. The van der Waals surface area contributed by atoms with Gasteiger partial charge in [-0.1, -0.05) is 47.3 Å². The molecule has 0 saturated heterocycles. The second kappa shape index (κ2) is 7.06. The first-order valence-corrected chi connectivity index (χ1v) is 7.74. The summed E-state index contributed by atoms with van der Waals surface area (Å²) in [6.45, 7) is 0. The Hall–Kier alpha value is -0.870. The molecule has 2 atom stereocenters. The fourth-order valence-electron chi connectivity index (χ4n) is 2.61. The van der Waals surface area contributed by atoms with Gasteiger partial charge in [0.25, 0.3) is 0 Å². The van der Waals surface area contributed by atoms with Crippen LogP contribution in [0.4, 0.5) is 0 Å². The van der Waals surface area contributed by atoms with E-state index >= 15 is 0 Å². The average Bonchev–Trinajstić information content (AvgIpc) is 2.55. The molecule has 1 saturated carbocycles. The number of carbonyl (C=O) groups excluding carboxylic acids is 1. The summed E-state index contributed by atoms with van der Waals surface area (Å²) in [5.41, 5.74) is 7.14. The summed E-state index contributed by atoms with van der Waals surface area (Å²) in [4.78, 5) is 12.1. The first kappa shape index (κ1) is 14.5. The molecule has 3 N–H and O–H groups in total. The third-order valence-corrected chi connectivity index (χ3v) is 4.16. The predicted molar refractivity (Wildman–Crippen MR) is 80.8 cm³/mol. The van der Waals surface area contributed by atoms with Crippen LogP contribution in [0.2, 0.25) is 0 Å². The van der Waals surface area contributed by atoms with Gasteiger partial charge in [-0.3, -0.25) is 4.79 Å². The lowest BCUT2D eigenvalue weighted by atomic mass is 10.0. The summed E-state index contributed by atoms with van der Waals surface area (Å²) in [5.74, 6) is 0.0699. The first-order valence-electron chi connectivity index (χ1n) is 6.94. The van der Waals surface area contributed by atoms with Crippen molar-refractivity contribution in [3.05, 3.63) is 34.3 Å². The molecule has 1 aliphatic carbocycles. The quantitative estimate of drug-likeness (QED) is 0.840. The molecule has 1 aliphatic rings. The Kier molecular flexibility index (Phi) is 5.40. The highest BCUT2D eigenvalue weighted by Crippen LogP contribution is 2.17. The number of hydrogen-bond donors (Lipinski definition) is 2. The number of carbonyl (C=O) groups is 1. The van der Waals surface area contributed by atoms with E-state index in [9.17, 15) is 4.79 Å². The lowest BCUT2D eigenvalue weighted by Crippen LogP contribution is -2.47. The summed E-state index contributed by atoms with van der Waals surface area (Å²) in [6.07, 6.45) is 6.01. The Balaban J connectivity index is 1.89. The Bertz CT molecular complexity index is 436. The molecule has 3 nitrogen and oxygen atoms in total. The zero-order valence-corrected chi connectivity index (χ0v) is 12.7. The number of halogens is 1. The minimum Gasteiger partial charge on any atom is -0.352 e. The number of nitrogens with two attached hydrogens (primary N) is 1. The van der Waals surface area contributed by atoms with Gasteiger partial charge in [0.05, 0.1) is 6.42 Å². The van der Waals surface area contributed by atoms with Crippen molar-refractivity contribution in [1.29, 1.82) is 0 Å². The van der Waals surface area contributed by atoms with E-state index in [2.05, 4.69) is 21.2 Å². The maximum absolute atomic E-state index is 12.1. The number of benzene rings is 1. The standard InChI is InChI=1S/C15H21BrN2O/c16-12-6-4-5-11(9-12)10-15(19)18-14-8-3-1-2-7-13(14)17/h4-6,9,13-14H,1-3,7-8,10,17H2,(H,18,19). The van der Waals surface area contributed by atoms with E-state index in [0.717, 1.165) is 29.3 Å². The molecule has 0 spiro atoms. The Labute approximate surface area is 123 Å². The van der Waals surface area contributed by atoms with E-state index in [-0.39, 0.29) is 18.0 Å². The first-order chi connectivity index (χ1) is 9.15. The highest BCUT2D eigenvalue weighted by atomic mass is 79.9. The van der Waals surface area contributed by atoms with Gasteiger partial charge in [0.2, 0.25) is 5.91 Å². The maximum atomic E-state index is 12.1. The van der Waals surface area contributed by atoms with Crippen LogP contribution in [-0.4, -0.2) is 18.0 Å². The number of nitrogens with one attached hydrogen (secondary N) is 1. The SMILES string of the molecule is NC1CCCCCC1NC(=O)Cc1cccc(Br)c1. The van der Waals surface area contributed by atoms with Crippen molar-refractivity contribution < 1.29 is 4.79 Å². The molecular formula is C15H21BrN2O. The second-order valence-corrected chi connectivity index (χ2v) is 6.20. The summed E-state index contributed by atoms with van der Waals surface area (Å²) >= 11 is 3.42. The molecule has 1 aromatic rings. The van der Waals surface area contributed by atoms with Crippen LogP contribution in [0.25, 0.3) is 0 Å². The van der Waals surface area contributed by atoms with Gasteiger partial charge in [-0.2, -0.15) is 0 Å². The minimum absolute atomic E-state index is 0.0699. The van der Waals surface area contributed by atoms with E-state index in [4.69, 9.17) is 5.73 Å². The summed E-state index contributed by atoms with van der Waals surface area (Å²) in [7, 11) is 0. The zero-order valence-electron chi connectivity index (χ0n) is 11.1. The Morgan fingerprint density at radius 3 is 2.89 bits per heavy atom. The maximum Gasteiger partial charge on any atom is 0.224 e. The third kappa shape index (κ3) is 4.62. The van der Waals surface area contributed by atoms with Gasteiger partial charge in [0.1, 0.15) is 0 Å². The second-order valence-electron chi connectivity index (χ2n) is 5.28. The molecule has 104 valence electrons. The molecule has 2 rings (SSSR count). The van der Waals surface area contributed by atoms with Crippen LogP contribution in [0.15, 0.2) is 28.7 Å². The molecule has 2 unspecified atom stereocenters. The summed E-state index contributed by atoms with van der Waals surface area (Å²) in [6, 6.07) is 8.10. The van der Waals surface area contributed by atoms with Crippen molar-refractivity contribution in [2.75, 3.05) is 0 Å². The predicted octanol–water partition coefficient (Wildman–Crippen LogP) is 2.77. The van der Waals surface area contributed by atoms with E-state index < -0.39 is 0 Å².